The average molecular weight is 372 g/mol. The Morgan fingerprint density at radius 2 is 1.81 bits per heavy atom. The summed E-state index contributed by atoms with van der Waals surface area (Å²) < 4.78 is 10.3. The minimum absolute atomic E-state index is 0.0376. The number of esters is 1. The molecule has 0 amide bonds. The van der Waals surface area contributed by atoms with Crippen molar-refractivity contribution in [3.8, 4) is 0 Å². The van der Waals surface area contributed by atoms with Crippen molar-refractivity contribution in [2.75, 3.05) is 0 Å². The molecule has 0 saturated carbocycles. The summed E-state index contributed by atoms with van der Waals surface area (Å²) in [5.41, 5.74) is 0. The SMILES string of the molecule is CCC1OC(=O)C(C)C(O)C(C)CC(C)CCC(=O)CCC1OC(=O)O. The van der Waals surface area contributed by atoms with E-state index in [9.17, 15) is 19.5 Å². The number of ketones is 1. The fourth-order valence-corrected chi connectivity index (χ4v) is 3.49. The zero-order chi connectivity index (χ0) is 19.9. The number of hydrogen-bond donors (Lipinski definition) is 2. The molecule has 0 aliphatic carbocycles. The van der Waals surface area contributed by atoms with Gasteiger partial charge in [-0.3, -0.25) is 9.59 Å². The van der Waals surface area contributed by atoms with Gasteiger partial charge < -0.3 is 19.7 Å². The van der Waals surface area contributed by atoms with Gasteiger partial charge in [0.15, 0.2) is 0 Å². The van der Waals surface area contributed by atoms with Crippen LogP contribution in [-0.4, -0.2) is 46.4 Å². The minimum atomic E-state index is -1.46. The highest BCUT2D eigenvalue weighted by Gasteiger charge is 2.34. The van der Waals surface area contributed by atoms with Crippen LogP contribution < -0.4 is 0 Å². The first-order chi connectivity index (χ1) is 12.1. The van der Waals surface area contributed by atoms with Crippen LogP contribution in [0.5, 0.6) is 0 Å². The predicted molar refractivity (Wildman–Crippen MR) is 94.7 cm³/mol. The topological polar surface area (TPSA) is 110 Å². The lowest BCUT2D eigenvalue weighted by Gasteiger charge is -2.30. The van der Waals surface area contributed by atoms with Gasteiger partial charge in [-0.2, -0.15) is 0 Å². The van der Waals surface area contributed by atoms with E-state index in [1.165, 1.54) is 0 Å². The van der Waals surface area contributed by atoms with Gasteiger partial charge in [0, 0.05) is 12.8 Å². The van der Waals surface area contributed by atoms with Crippen LogP contribution in [0.25, 0.3) is 0 Å². The highest BCUT2D eigenvalue weighted by atomic mass is 16.7. The average Bonchev–Trinajstić information content (AvgIpc) is 2.58. The second-order valence-electron chi connectivity index (χ2n) is 7.52. The smallest absolute Gasteiger partial charge is 0.458 e. The lowest BCUT2D eigenvalue weighted by Crippen LogP contribution is -2.40. The van der Waals surface area contributed by atoms with Gasteiger partial charge in [0.05, 0.1) is 12.0 Å². The van der Waals surface area contributed by atoms with Gasteiger partial charge in [-0.1, -0.05) is 20.8 Å². The van der Waals surface area contributed by atoms with Crippen molar-refractivity contribution in [3.63, 3.8) is 0 Å². The maximum absolute atomic E-state index is 12.4. The summed E-state index contributed by atoms with van der Waals surface area (Å²) in [5, 5.41) is 19.4. The second kappa shape index (κ2) is 10.5. The minimum Gasteiger partial charge on any atom is -0.458 e. The summed E-state index contributed by atoms with van der Waals surface area (Å²) in [7, 11) is 0. The highest BCUT2D eigenvalue weighted by Crippen LogP contribution is 2.26. The monoisotopic (exact) mass is 372 g/mol. The summed E-state index contributed by atoms with van der Waals surface area (Å²) >= 11 is 0. The molecule has 0 radical (unpaired) electrons. The van der Waals surface area contributed by atoms with Crippen LogP contribution in [0.2, 0.25) is 0 Å². The van der Waals surface area contributed by atoms with Crippen molar-refractivity contribution in [1.82, 2.24) is 0 Å². The summed E-state index contributed by atoms with van der Waals surface area (Å²) in [5.74, 6) is -1.14. The van der Waals surface area contributed by atoms with Crippen LogP contribution in [-0.2, 0) is 19.1 Å². The standard InChI is InChI=1S/C19H32O7/c1-5-15-16(26-19(23)24)9-8-14(20)7-6-11(2)10-12(3)17(21)13(4)18(22)25-15/h11-13,15-17,21H,5-10H2,1-4H3,(H,23,24). The number of hydrogen-bond acceptors (Lipinski definition) is 6. The van der Waals surface area contributed by atoms with Crippen LogP contribution >= 0.6 is 0 Å². The van der Waals surface area contributed by atoms with Gasteiger partial charge in [-0.15, -0.1) is 0 Å². The molecule has 1 aliphatic rings. The first-order valence-electron chi connectivity index (χ1n) is 9.45. The van der Waals surface area contributed by atoms with Gasteiger partial charge >= 0.3 is 12.1 Å². The van der Waals surface area contributed by atoms with Crippen molar-refractivity contribution in [2.45, 2.75) is 84.5 Å². The summed E-state index contributed by atoms with van der Waals surface area (Å²) in [6.45, 7) is 7.27. The molecule has 26 heavy (non-hydrogen) atoms. The molecule has 6 atom stereocenters. The van der Waals surface area contributed by atoms with E-state index in [1.54, 1.807) is 13.8 Å². The lowest BCUT2D eigenvalue weighted by atomic mass is 9.84. The first-order valence-corrected chi connectivity index (χ1v) is 9.45. The summed E-state index contributed by atoms with van der Waals surface area (Å²) in [4.78, 5) is 35.5. The zero-order valence-electron chi connectivity index (χ0n) is 16.1. The Hall–Kier alpha value is -1.63. The number of carbonyl (C=O) groups excluding carboxylic acids is 2. The largest absolute Gasteiger partial charge is 0.506 e. The molecule has 6 unspecified atom stereocenters. The Morgan fingerprint density at radius 1 is 1.19 bits per heavy atom. The van der Waals surface area contributed by atoms with Gasteiger partial charge in [0.25, 0.3) is 0 Å². The van der Waals surface area contributed by atoms with E-state index in [4.69, 9.17) is 14.6 Å². The maximum atomic E-state index is 12.4. The second-order valence-corrected chi connectivity index (χ2v) is 7.52. The molecule has 150 valence electrons. The summed E-state index contributed by atoms with van der Waals surface area (Å²) in [6, 6.07) is 0. The number of carbonyl (C=O) groups is 3. The molecular formula is C19H32O7. The highest BCUT2D eigenvalue weighted by molar-refractivity contribution is 5.78. The normalized spacial score (nSPS) is 35.3. The Kier molecular flexibility index (Phi) is 9.05. The van der Waals surface area contributed by atoms with Gasteiger partial charge in [-0.05, 0) is 44.4 Å². The van der Waals surface area contributed by atoms with Crippen LogP contribution in [0.4, 0.5) is 4.79 Å². The fourth-order valence-electron chi connectivity index (χ4n) is 3.49. The molecule has 0 aromatic rings. The molecule has 0 spiro atoms. The van der Waals surface area contributed by atoms with Gasteiger partial charge in [0.2, 0.25) is 0 Å². The van der Waals surface area contributed by atoms with E-state index in [0.29, 0.717) is 25.7 Å². The van der Waals surface area contributed by atoms with E-state index < -0.39 is 36.4 Å². The Morgan fingerprint density at radius 3 is 2.38 bits per heavy atom. The molecule has 0 aromatic heterocycles. The van der Waals surface area contributed by atoms with Crippen molar-refractivity contribution in [2.24, 2.45) is 17.8 Å². The van der Waals surface area contributed by atoms with Crippen molar-refractivity contribution >= 4 is 17.9 Å². The van der Waals surface area contributed by atoms with E-state index in [0.717, 1.165) is 0 Å². The number of aliphatic hydroxyl groups excluding tert-OH is 1. The molecule has 2 N–H and O–H groups in total. The third-order valence-corrected chi connectivity index (χ3v) is 5.20. The van der Waals surface area contributed by atoms with Gasteiger partial charge in [-0.25, -0.2) is 4.79 Å². The molecule has 1 aliphatic heterocycles. The quantitative estimate of drug-likeness (QED) is 0.716. The first kappa shape index (κ1) is 22.4. The van der Waals surface area contributed by atoms with Crippen LogP contribution in [0.1, 0.15) is 66.2 Å². The Bertz CT molecular complexity index is 490. The molecular weight excluding hydrogens is 340 g/mol. The summed E-state index contributed by atoms with van der Waals surface area (Å²) in [6.07, 6.45) is -1.45. The fraction of sp³-hybridized carbons (Fsp3) is 0.842. The van der Waals surface area contributed by atoms with E-state index >= 15 is 0 Å². The number of Topliss-reactive ketones (excluding diaryl/α,β-unsaturated/α-hetero) is 1. The van der Waals surface area contributed by atoms with Crippen LogP contribution in [0.3, 0.4) is 0 Å². The Labute approximate surface area is 155 Å². The maximum Gasteiger partial charge on any atom is 0.506 e. The van der Waals surface area contributed by atoms with Crippen molar-refractivity contribution < 1.29 is 34.1 Å². The van der Waals surface area contributed by atoms with Crippen LogP contribution in [0, 0.1) is 17.8 Å². The van der Waals surface area contributed by atoms with Crippen molar-refractivity contribution in [1.29, 1.82) is 0 Å². The number of carboxylic acid groups (broad SMARTS) is 1. The molecule has 7 heteroatoms. The number of rotatable bonds is 2. The Balaban J connectivity index is 3.01. The van der Waals surface area contributed by atoms with Crippen LogP contribution in [0.15, 0.2) is 0 Å². The third-order valence-electron chi connectivity index (χ3n) is 5.20. The predicted octanol–water partition coefficient (Wildman–Crippen LogP) is 3.17. The number of cyclic esters (lactones) is 1. The molecule has 1 saturated heterocycles. The van der Waals surface area contributed by atoms with E-state index in [-0.39, 0.29) is 30.5 Å². The number of ether oxygens (including phenoxy) is 2. The van der Waals surface area contributed by atoms with Gasteiger partial charge in [0.1, 0.15) is 18.0 Å². The molecule has 7 nitrogen and oxygen atoms in total. The molecule has 1 heterocycles. The number of aliphatic hydroxyl groups is 1. The van der Waals surface area contributed by atoms with Crippen molar-refractivity contribution in [3.05, 3.63) is 0 Å². The van der Waals surface area contributed by atoms with E-state index in [2.05, 4.69) is 0 Å². The van der Waals surface area contributed by atoms with E-state index in [1.807, 2.05) is 13.8 Å². The molecule has 1 fully saturated rings. The molecule has 0 aromatic carbocycles. The zero-order valence-corrected chi connectivity index (χ0v) is 16.1. The third kappa shape index (κ3) is 6.94. The molecule has 0 bridgehead atoms. The molecule has 1 rings (SSSR count). The lowest BCUT2D eigenvalue weighted by molar-refractivity contribution is -0.166.